The van der Waals surface area contributed by atoms with Crippen LogP contribution in [-0.4, -0.2) is 15.5 Å². The van der Waals surface area contributed by atoms with Crippen molar-refractivity contribution in [2.75, 3.05) is 11.8 Å². The minimum absolute atomic E-state index is 0.192. The van der Waals surface area contributed by atoms with Crippen molar-refractivity contribution in [1.82, 2.24) is 0 Å². The van der Waals surface area contributed by atoms with E-state index in [4.69, 9.17) is 22.1 Å². The Kier molecular flexibility index (Phi) is 4.54. The van der Waals surface area contributed by atoms with Crippen LogP contribution in [0, 0.1) is 0 Å². The summed E-state index contributed by atoms with van der Waals surface area (Å²) in [6.45, 7) is 0.306. The molecule has 0 atom stereocenters. The van der Waals surface area contributed by atoms with E-state index in [2.05, 4.69) is 4.72 Å². The summed E-state index contributed by atoms with van der Waals surface area (Å²) >= 11 is 7.11. The molecule has 0 aliphatic carbocycles. The Bertz CT molecular complexity index is 713. The highest BCUT2D eigenvalue weighted by Crippen LogP contribution is 2.30. The molecular weight excluding hydrogens is 320 g/mol. The van der Waals surface area contributed by atoms with E-state index in [0.717, 1.165) is 16.2 Å². The topological polar surface area (TPSA) is 81.4 Å². The van der Waals surface area contributed by atoms with Gasteiger partial charge in [-0.2, -0.15) is 0 Å². The van der Waals surface area contributed by atoms with Gasteiger partial charge in [-0.15, -0.1) is 11.3 Å². The average Bonchev–Trinajstić information content (AvgIpc) is 2.91. The SMILES string of the molecule is COc1ccc(Cl)c(NS(=O)(=O)c2ccc(CN)s2)c1. The summed E-state index contributed by atoms with van der Waals surface area (Å²) in [5.41, 5.74) is 5.75. The number of sulfonamides is 1. The highest BCUT2D eigenvalue weighted by molar-refractivity contribution is 7.94. The van der Waals surface area contributed by atoms with E-state index >= 15 is 0 Å². The first-order chi connectivity index (χ1) is 9.46. The molecule has 0 bridgehead atoms. The molecule has 0 aliphatic rings. The number of hydrogen-bond acceptors (Lipinski definition) is 5. The van der Waals surface area contributed by atoms with Crippen molar-refractivity contribution in [3.8, 4) is 5.75 Å². The smallest absolute Gasteiger partial charge is 0.271 e. The Hall–Kier alpha value is -1.28. The van der Waals surface area contributed by atoms with Gasteiger partial charge in [-0.3, -0.25) is 4.72 Å². The molecule has 108 valence electrons. The molecule has 1 heterocycles. The van der Waals surface area contributed by atoms with Gasteiger partial charge in [-0.1, -0.05) is 11.6 Å². The third-order valence-electron chi connectivity index (χ3n) is 2.52. The molecule has 2 rings (SSSR count). The molecule has 3 N–H and O–H groups in total. The van der Waals surface area contributed by atoms with Crippen molar-refractivity contribution in [1.29, 1.82) is 0 Å². The maximum Gasteiger partial charge on any atom is 0.271 e. The van der Waals surface area contributed by atoms with Crippen molar-refractivity contribution in [3.63, 3.8) is 0 Å². The van der Waals surface area contributed by atoms with Crippen molar-refractivity contribution in [3.05, 3.63) is 40.2 Å². The number of benzene rings is 1. The number of anilines is 1. The van der Waals surface area contributed by atoms with Crippen LogP contribution in [0.1, 0.15) is 4.88 Å². The van der Waals surface area contributed by atoms with E-state index in [1.807, 2.05) is 0 Å². The van der Waals surface area contributed by atoms with Gasteiger partial charge in [0.05, 0.1) is 17.8 Å². The van der Waals surface area contributed by atoms with Crippen molar-refractivity contribution in [2.45, 2.75) is 10.8 Å². The normalized spacial score (nSPS) is 11.3. The second kappa shape index (κ2) is 6.01. The molecule has 20 heavy (non-hydrogen) atoms. The Morgan fingerprint density at radius 3 is 2.70 bits per heavy atom. The number of nitrogens with two attached hydrogens (primary N) is 1. The van der Waals surface area contributed by atoms with Gasteiger partial charge in [0.25, 0.3) is 10.0 Å². The molecule has 0 saturated carbocycles. The number of hydrogen-bond donors (Lipinski definition) is 2. The van der Waals surface area contributed by atoms with E-state index in [-0.39, 0.29) is 9.90 Å². The van der Waals surface area contributed by atoms with Crippen LogP contribution in [0.4, 0.5) is 5.69 Å². The zero-order valence-corrected chi connectivity index (χ0v) is 13.0. The minimum atomic E-state index is -3.68. The monoisotopic (exact) mass is 332 g/mol. The van der Waals surface area contributed by atoms with Gasteiger partial charge >= 0.3 is 0 Å². The number of ether oxygens (including phenoxy) is 1. The Labute approximate surface area is 126 Å². The largest absolute Gasteiger partial charge is 0.497 e. The average molecular weight is 333 g/mol. The molecule has 2 aromatic rings. The van der Waals surface area contributed by atoms with Gasteiger partial charge in [0.15, 0.2) is 0 Å². The van der Waals surface area contributed by atoms with Crippen molar-refractivity contribution in [2.24, 2.45) is 5.73 Å². The van der Waals surface area contributed by atoms with Crippen LogP contribution in [0.25, 0.3) is 0 Å². The highest BCUT2D eigenvalue weighted by atomic mass is 35.5. The fourth-order valence-electron chi connectivity index (χ4n) is 1.52. The first-order valence-electron chi connectivity index (χ1n) is 5.61. The first kappa shape index (κ1) is 15.1. The lowest BCUT2D eigenvalue weighted by Crippen LogP contribution is -2.11. The van der Waals surface area contributed by atoms with Crippen LogP contribution >= 0.6 is 22.9 Å². The zero-order chi connectivity index (χ0) is 14.8. The molecule has 0 aliphatic heterocycles. The molecule has 0 unspecified atom stereocenters. The van der Waals surface area contributed by atoms with Gasteiger partial charge in [0, 0.05) is 17.5 Å². The summed E-state index contributed by atoms with van der Waals surface area (Å²) < 4.78 is 32.2. The number of halogens is 1. The molecule has 1 aromatic heterocycles. The second-order valence-corrected chi connectivity index (χ2v) is 7.36. The Morgan fingerprint density at radius 2 is 2.10 bits per heavy atom. The van der Waals surface area contributed by atoms with E-state index in [1.165, 1.54) is 19.2 Å². The van der Waals surface area contributed by atoms with Crippen molar-refractivity contribution < 1.29 is 13.2 Å². The first-order valence-corrected chi connectivity index (χ1v) is 8.29. The molecule has 8 heteroatoms. The van der Waals surface area contributed by atoms with Gasteiger partial charge in [0.1, 0.15) is 9.96 Å². The molecule has 5 nitrogen and oxygen atoms in total. The van der Waals surface area contributed by atoms with Crippen LogP contribution in [-0.2, 0) is 16.6 Å². The maximum absolute atomic E-state index is 12.2. The van der Waals surface area contributed by atoms with E-state index < -0.39 is 10.0 Å². The van der Waals surface area contributed by atoms with Crippen LogP contribution in [0.2, 0.25) is 5.02 Å². The van der Waals surface area contributed by atoms with Crippen LogP contribution in [0.15, 0.2) is 34.5 Å². The summed E-state index contributed by atoms with van der Waals surface area (Å²) in [6.07, 6.45) is 0. The molecule has 0 spiro atoms. The Morgan fingerprint density at radius 1 is 1.35 bits per heavy atom. The van der Waals surface area contributed by atoms with Gasteiger partial charge < -0.3 is 10.5 Å². The second-order valence-electron chi connectivity index (χ2n) is 3.88. The number of methoxy groups -OCH3 is 1. The van der Waals surface area contributed by atoms with Crippen LogP contribution in [0.3, 0.4) is 0 Å². The molecule has 0 amide bonds. The van der Waals surface area contributed by atoms with Gasteiger partial charge in [0.2, 0.25) is 0 Å². The summed E-state index contributed by atoms with van der Waals surface area (Å²) in [5, 5.41) is 0.296. The fourth-order valence-corrected chi connectivity index (χ4v) is 4.04. The molecule has 0 saturated heterocycles. The standard InChI is InChI=1S/C12H13ClN2O3S2/c1-18-8-2-4-10(13)11(6-8)15-20(16,17)12-5-3-9(7-14)19-12/h2-6,15H,7,14H2,1H3. The third-order valence-corrected chi connectivity index (χ3v) is 5.82. The molecule has 0 fully saturated rings. The van der Waals surface area contributed by atoms with Crippen LogP contribution < -0.4 is 15.2 Å². The molecule has 1 aromatic carbocycles. The quantitative estimate of drug-likeness (QED) is 0.882. The lowest BCUT2D eigenvalue weighted by molar-refractivity contribution is 0.415. The predicted molar refractivity (Wildman–Crippen MR) is 81.0 cm³/mol. The summed E-state index contributed by atoms with van der Waals surface area (Å²) in [6, 6.07) is 7.95. The third kappa shape index (κ3) is 3.24. The van der Waals surface area contributed by atoms with Gasteiger partial charge in [-0.25, -0.2) is 8.42 Å². The van der Waals surface area contributed by atoms with Crippen LogP contribution in [0.5, 0.6) is 5.75 Å². The van der Waals surface area contributed by atoms with Crippen molar-refractivity contribution >= 4 is 38.6 Å². The van der Waals surface area contributed by atoms with E-state index in [9.17, 15) is 8.42 Å². The lowest BCUT2D eigenvalue weighted by Gasteiger charge is -2.09. The van der Waals surface area contributed by atoms with E-state index in [1.54, 1.807) is 18.2 Å². The number of nitrogens with one attached hydrogen (secondary N) is 1. The minimum Gasteiger partial charge on any atom is -0.497 e. The summed E-state index contributed by atoms with van der Waals surface area (Å²) in [7, 11) is -2.18. The Balaban J connectivity index is 2.32. The predicted octanol–water partition coefficient (Wildman–Crippen LogP) is 2.67. The highest BCUT2D eigenvalue weighted by Gasteiger charge is 2.18. The number of thiophene rings is 1. The summed E-state index contributed by atoms with van der Waals surface area (Å²) in [4.78, 5) is 0.794. The maximum atomic E-state index is 12.2. The summed E-state index contributed by atoms with van der Waals surface area (Å²) in [5.74, 6) is 0.515. The lowest BCUT2D eigenvalue weighted by atomic mass is 10.3. The molecular formula is C12H13ClN2O3S2. The van der Waals surface area contributed by atoms with E-state index in [0.29, 0.717) is 17.3 Å². The molecule has 0 radical (unpaired) electrons. The van der Waals surface area contributed by atoms with Gasteiger partial charge in [-0.05, 0) is 24.3 Å². The number of rotatable bonds is 5. The fraction of sp³-hybridized carbons (Fsp3) is 0.167. The zero-order valence-electron chi connectivity index (χ0n) is 10.6.